The Morgan fingerprint density at radius 1 is 0.439 bits per heavy atom. The van der Waals surface area contributed by atoms with E-state index in [1.807, 2.05) is 111 Å². The molecule has 0 atom stereocenters. The Morgan fingerprint density at radius 3 is 1.27 bits per heavy atom. The topological polar surface area (TPSA) is 166 Å². The highest BCUT2D eigenvalue weighted by molar-refractivity contribution is 6.10. The fraction of sp³-hybridized carbons (Fsp3) is 0.0385. The van der Waals surface area contributed by atoms with Crippen LogP contribution in [-0.4, -0.2) is 38.9 Å². The Bertz CT molecular complexity index is 3520. The molecule has 0 bridgehead atoms. The third-order valence-corrected chi connectivity index (χ3v) is 11.5. The van der Waals surface area contributed by atoms with Crippen molar-refractivity contribution in [3.63, 3.8) is 0 Å². The first-order chi connectivity index (χ1) is 32.1. The Labute approximate surface area is 374 Å². The summed E-state index contributed by atoms with van der Waals surface area (Å²) in [6.07, 6.45) is 6.47. The number of rotatable bonds is 10. The van der Waals surface area contributed by atoms with Gasteiger partial charge in [0, 0.05) is 69.3 Å². The van der Waals surface area contributed by atoms with E-state index in [0.717, 1.165) is 66.4 Å². The first-order valence-corrected chi connectivity index (χ1v) is 20.8. The zero-order chi connectivity index (χ0) is 45.1. The average Bonchev–Trinajstić information content (AvgIpc) is 3.83. The van der Waals surface area contributed by atoms with Crippen molar-refractivity contribution in [1.82, 2.24) is 29.1 Å². The lowest BCUT2D eigenvalue weighted by molar-refractivity contribution is -0.385. The van der Waals surface area contributed by atoms with Crippen molar-refractivity contribution in [2.75, 3.05) is 0 Å². The predicted octanol–water partition coefficient (Wildman–Crippen LogP) is 12.8. The number of nitro groups is 2. The lowest BCUT2D eigenvalue weighted by Gasteiger charge is -2.11. The predicted molar refractivity (Wildman–Crippen MR) is 253 cm³/mol. The molecule has 6 aromatic carbocycles. The minimum Gasteiger partial charge on any atom is -0.457 e. The number of pyridine rings is 2. The molecule has 0 radical (unpaired) electrons. The molecule has 0 saturated carbocycles. The quantitative estimate of drug-likeness (QED) is 0.0953. The third-order valence-electron chi connectivity index (χ3n) is 11.5. The maximum atomic E-state index is 12.2. The van der Waals surface area contributed by atoms with E-state index in [-0.39, 0.29) is 22.9 Å². The number of nitro benzene ring substituents is 2. The molecule has 11 aromatic rings. The molecule has 0 N–H and O–H groups in total. The maximum Gasteiger partial charge on any atom is 0.273 e. The summed E-state index contributed by atoms with van der Waals surface area (Å²) in [5.41, 5.74) is 6.78. The van der Waals surface area contributed by atoms with E-state index in [1.165, 1.54) is 36.7 Å². The number of aryl methyl sites for hydroxylation is 2. The van der Waals surface area contributed by atoms with E-state index < -0.39 is 9.85 Å². The zero-order valence-corrected chi connectivity index (χ0v) is 35.2. The summed E-state index contributed by atoms with van der Waals surface area (Å²) in [7, 11) is 0. The summed E-state index contributed by atoms with van der Waals surface area (Å²) in [6, 6.07) is 44.2. The summed E-state index contributed by atoms with van der Waals surface area (Å²) in [5, 5.41) is 28.5. The second kappa shape index (κ2) is 15.8. The maximum absolute atomic E-state index is 12.2. The summed E-state index contributed by atoms with van der Waals surface area (Å²) in [6.45, 7) is 4.03. The third kappa shape index (κ3) is 7.13. The highest BCUT2D eigenvalue weighted by Gasteiger charge is 2.20. The van der Waals surface area contributed by atoms with Crippen LogP contribution in [0.15, 0.2) is 170 Å². The van der Waals surface area contributed by atoms with Crippen LogP contribution in [-0.2, 0) is 0 Å². The molecule has 11 rings (SSSR count). The molecule has 0 fully saturated rings. The molecule has 0 spiro atoms. The number of para-hydroxylation sites is 2. The zero-order valence-electron chi connectivity index (χ0n) is 35.2. The van der Waals surface area contributed by atoms with Crippen LogP contribution >= 0.6 is 0 Å². The number of aromatic nitrogens is 6. The van der Waals surface area contributed by atoms with E-state index in [1.54, 1.807) is 24.5 Å². The Kier molecular flexibility index (Phi) is 9.47. The molecule has 0 aliphatic heterocycles. The Balaban J connectivity index is 0.914. The average molecular weight is 867 g/mol. The number of benzene rings is 6. The van der Waals surface area contributed by atoms with Crippen molar-refractivity contribution in [3.8, 4) is 57.1 Å². The first-order valence-electron chi connectivity index (χ1n) is 20.8. The highest BCUT2D eigenvalue weighted by atomic mass is 16.6. The second-order valence-electron chi connectivity index (χ2n) is 15.9. The van der Waals surface area contributed by atoms with Gasteiger partial charge in [0.1, 0.15) is 34.6 Å². The molecular formula is C52H34N8O6. The molecule has 14 heteroatoms. The van der Waals surface area contributed by atoms with Crippen molar-refractivity contribution in [2.24, 2.45) is 0 Å². The number of fused-ring (bicyclic) bond motifs is 6. The van der Waals surface area contributed by atoms with Gasteiger partial charge in [-0.1, -0.05) is 36.4 Å². The van der Waals surface area contributed by atoms with Gasteiger partial charge in [-0.15, -0.1) is 0 Å². The first kappa shape index (κ1) is 39.5. The monoisotopic (exact) mass is 866 g/mol. The highest BCUT2D eigenvalue weighted by Crippen LogP contribution is 2.39. The Morgan fingerprint density at radius 2 is 0.864 bits per heavy atom. The Hall–Kier alpha value is -9.30. The van der Waals surface area contributed by atoms with Crippen molar-refractivity contribution in [1.29, 1.82) is 0 Å². The number of non-ortho nitro benzene ring substituents is 2. The van der Waals surface area contributed by atoms with Crippen LogP contribution in [0.4, 0.5) is 11.4 Å². The van der Waals surface area contributed by atoms with Gasteiger partial charge < -0.3 is 9.47 Å². The van der Waals surface area contributed by atoms with Gasteiger partial charge in [-0.25, -0.2) is 9.97 Å². The molecule has 0 saturated heterocycles. The van der Waals surface area contributed by atoms with Crippen LogP contribution in [0.2, 0.25) is 0 Å². The second-order valence-corrected chi connectivity index (χ2v) is 15.9. The van der Waals surface area contributed by atoms with Gasteiger partial charge in [0.2, 0.25) is 0 Å². The number of nitrogens with zero attached hydrogens (tertiary/aromatic N) is 8. The smallest absolute Gasteiger partial charge is 0.273 e. The minimum absolute atomic E-state index is 0.207. The normalized spacial score (nSPS) is 11.4. The molecule has 0 aliphatic rings. The largest absolute Gasteiger partial charge is 0.457 e. The van der Waals surface area contributed by atoms with Gasteiger partial charge in [0.25, 0.3) is 11.4 Å². The van der Waals surface area contributed by atoms with Crippen LogP contribution in [0.25, 0.3) is 77.8 Å². The van der Waals surface area contributed by atoms with Gasteiger partial charge >= 0.3 is 0 Å². The van der Waals surface area contributed by atoms with Crippen LogP contribution in [0.1, 0.15) is 11.1 Å². The van der Waals surface area contributed by atoms with Crippen molar-refractivity contribution in [2.45, 2.75) is 13.8 Å². The molecule has 5 heterocycles. The molecule has 14 nitrogen and oxygen atoms in total. The SMILES string of the molecule is Cc1ccnc(-n2c3ccccc3c3ccc(Oc4cc(-c5cnc(-c6cc(Oc7ccc8c9ccccc9n(-c9cc(C)ccn9)c8c7)cc([N+](=O)[O-])c6)cn5)cc([N+](=O)[O-])c4)cc32)c1. The lowest BCUT2D eigenvalue weighted by atomic mass is 10.1. The van der Waals surface area contributed by atoms with Gasteiger partial charge in [-0.3, -0.25) is 39.3 Å². The molecular weight excluding hydrogens is 833 g/mol. The van der Waals surface area contributed by atoms with Crippen LogP contribution in [0, 0.1) is 34.1 Å². The molecule has 5 aromatic heterocycles. The summed E-state index contributed by atoms with van der Waals surface area (Å²) >= 11 is 0. The van der Waals surface area contributed by atoms with Crippen molar-refractivity contribution >= 4 is 55.0 Å². The number of hydrogen-bond acceptors (Lipinski definition) is 10. The van der Waals surface area contributed by atoms with Crippen LogP contribution < -0.4 is 9.47 Å². The van der Waals surface area contributed by atoms with Gasteiger partial charge in [0.05, 0.1) is 67.8 Å². The van der Waals surface area contributed by atoms with E-state index in [0.29, 0.717) is 34.0 Å². The standard InChI is InChI=1S/C52H34N8O6/c1-31-15-17-53-51(19-31)57-47-9-5-3-7-41(47)43-13-11-37(27-49(43)57)65-39-23-33(21-35(25-39)59(61)62)45-29-56-46(30-55-45)34-22-36(60(63)64)26-40(24-34)66-38-12-14-44-42-8-4-6-10-48(42)58(50(44)28-38)52-20-32(2)16-18-54-52/h3-30H,1-2H3. The fourth-order valence-corrected chi connectivity index (χ4v) is 8.50. The van der Waals surface area contributed by atoms with E-state index >= 15 is 0 Å². The number of hydrogen-bond donors (Lipinski definition) is 0. The molecule has 0 aliphatic carbocycles. The van der Waals surface area contributed by atoms with Gasteiger partial charge in [-0.05, 0) is 97.8 Å². The molecule has 0 amide bonds. The summed E-state index contributed by atoms with van der Waals surface area (Å²) in [5.74, 6) is 2.86. The lowest BCUT2D eigenvalue weighted by Crippen LogP contribution is -1.98. The van der Waals surface area contributed by atoms with Crippen LogP contribution in [0.3, 0.4) is 0 Å². The van der Waals surface area contributed by atoms with Crippen molar-refractivity contribution < 1.29 is 19.3 Å². The number of ether oxygens (including phenoxy) is 2. The minimum atomic E-state index is -0.496. The van der Waals surface area contributed by atoms with E-state index in [9.17, 15) is 20.2 Å². The summed E-state index contributed by atoms with van der Waals surface area (Å²) < 4.78 is 16.8. The van der Waals surface area contributed by atoms with E-state index in [2.05, 4.69) is 41.2 Å². The fourth-order valence-electron chi connectivity index (χ4n) is 8.50. The molecule has 66 heavy (non-hydrogen) atoms. The molecule has 0 unspecified atom stereocenters. The van der Waals surface area contributed by atoms with E-state index in [4.69, 9.17) is 9.47 Å². The van der Waals surface area contributed by atoms with Gasteiger partial charge in [0.15, 0.2) is 0 Å². The summed E-state index contributed by atoms with van der Waals surface area (Å²) in [4.78, 5) is 42.0. The molecule has 318 valence electrons. The van der Waals surface area contributed by atoms with Crippen LogP contribution in [0.5, 0.6) is 23.0 Å². The van der Waals surface area contributed by atoms with Gasteiger partial charge in [-0.2, -0.15) is 0 Å². The van der Waals surface area contributed by atoms with Crippen molar-refractivity contribution in [3.05, 3.63) is 202 Å².